The van der Waals surface area contributed by atoms with Crippen LogP contribution in [0.25, 0.3) is 11.1 Å². The van der Waals surface area contributed by atoms with Crippen LogP contribution in [-0.2, 0) is 11.2 Å². The molecule has 1 N–H and O–H groups in total. The highest BCUT2D eigenvalue weighted by Crippen LogP contribution is 2.14. The van der Waals surface area contributed by atoms with E-state index in [4.69, 9.17) is 9.15 Å². The van der Waals surface area contributed by atoms with Crippen LogP contribution in [-0.4, -0.2) is 31.8 Å². The molecule has 0 bridgehead atoms. The van der Waals surface area contributed by atoms with E-state index >= 15 is 0 Å². The van der Waals surface area contributed by atoms with Gasteiger partial charge in [-0.25, -0.2) is 4.98 Å². The molecule has 0 aliphatic carbocycles. The normalized spacial score (nSPS) is 11.1. The van der Waals surface area contributed by atoms with E-state index in [0.29, 0.717) is 0 Å². The van der Waals surface area contributed by atoms with Crippen molar-refractivity contribution in [2.24, 2.45) is 0 Å². The summed E-state index contributed by atoms with van der Waals surface area (Å²) in [6.45, 7) is 2.38. The maximum absolute atomic E-state index is 5.46. The largest absolute Gasteiger partial charge is 0.443 e. The van der Waals surface area contributed by atoms with Gasteiger partial charge in [0.05, 0.1) is 13.2 Å². The number of oxazole rings is 1. The first kappa shape index (κ1) is 11.1. The van der Waals surface area contributed by atoms with Gasteiger partial charge in [0, 0.05) is 6.54 Å². The molecule has 0 saturated carbocycles. The molecule has 0 amide bonds. The molecule has 0 aliphatic rings. The molecule has 0 saturated heterocycles. The Labute approximate surface area is 94.6 Å². The number of likely N-dealkylation sites (N-methyl/N-ethyl adjacent to an activating group) is 1. The molecular formula is C12H16N2O2. The zero-order chi connectivity index (χ0) is 11.2. The average molecular weight is 220 g/mol. The van der Waals surface area contributed by atoms with E-state index in [-0.39, 0.29) is 0 Å². The molecule has 0 unspecified atom stereocenters. The molecule has 0 spiro atoms. The predicted octanol–water partition coefficient (Wildman–Crippen LogP) is 1.61. The minimum absolute atomic E-state index is 0.737. The van der Waals surface area contributed by atoms with Crippen LogP contribution in [0.4, 0.5) is 0 Å². The van der Waals surface area contributed by atoms with Gasteiger partial charge in [0.25, 0.3) is 0 Å². The highest BCUT2D eigenvalue weighted by molar-refractivity contribution is 5.72. The fourth-order valence-corrected chi connectivity index (χ4v) is 1.52. The molecule has 4 heteroatoms. The molecule has 86 valence electrons. The number of benzene rings is 1. The monoisotopic (exact) mass is 220 g/mol. The van der Waals surface area contributed by atoms with Crippen molar-refractivity contribution in [3.05, 3.63) is 30.2 Å². The van der Waals surface area contributed by atoms with Gasteiger partial charge in [-0.1, -0.05) is 6.07 Å². The SMILES string of the molecule is CNCCOCCc1ccc2ncoc2c1. The Hall–Kier alpha value is -1.39. The van der Waals surface area contributed by atoms with E-state index in [0.717, 1.165) is 37.3 Å². The molecule has 0 radical (unpaired) electrons. The molecule has 0 atom stereocenters. The maximum atomic E-state index is 5.46. The standard InChI is InChI=1S/C12H16N2O2/c1-13-5-7-15-6-4-10-2-3-11-12(8-10)16-9-14-11/h2-3,8-9,13H,4-7H2,1H3. The first-order chi connectivity index (χ1) is 7.90. The smallest absolute Gasteiger partial charge is 0.181 e. The Morgan fingerprint density at radius 1 is 1.38 bits per heavy atom. The Morgan fingerprint density at radius 2 is 2.31 bits per heavy atom. The predicted molar refractivity (Wildman–Crippen MR) is 62.5 cm³/mol. The van der Waals surface area contributed by atoms with Gasteiger partial charge in [0.15, 0.2) is 12.0 Å². The van der Waals surface area contributed by atoms with Gasteiger partial charge in [-0.05, 0) is 31.2 Å². The lowest BCUT2D eigenvalue weighted by Gasteiger charge is -2.03. The van der Waals surface area contributed by atoms with E-state index in [1.54, 1.807) is 0 Å². The van der Waals surface area contributed by atoms with Gasteiger partial charge in [-0.3, -0.25) is 0 Å². The second-order valence-electron chi connectivity index (χ2n) is 3.62. The summed E-state index contributed by atoms with van der Waals surface area (Å²) >= 11 is 0. The van der Waals surface area contributed by atoms with E-state index in [1.165, 1.54) is 12.0 Å². The van der Waals surface area contributed by atoms with Crippen LogP contribution < -0.4 is 5.32 Å². The average Bonchev–Trinajstić information content (AvgIpc) is 2.76. The Balaban J connectivity index is 1.84. The Morgan fingerprint density at radius 3 is 3.19 bits per heavy atom. The van der Waals surface area contributed by atoms with Crippen molar-refractivity contribution >= 4 is 11.1 Å². The molecular weight excluding hydrogens is 204 g/mol. The van der Waals surface area contributed by atoms with Crippen molar-refractivity contribution in [3.63, 3.8) is 0 Å². The quantitative estimate of drug-likeness (QED) is 0.751. The van der Waals surface area contributed by atoms with Crippen LogP contribution in [0.5, 0.6) is 0 Å². The third kappa shape index (κ3) is 2.81. The number of nitrogens with zero attached hydrogens (tertiary/aromatic N) is 1. The third-order valence-corrected chi connectivity index (χ3v) is 2.43. The summed E-state index contributed by atoms with van der Waals surface area (Å²) in [6.07, 6.45) is 2.37. The summed E-state index contributed by atoms with van der Waals surface area (Å²) in [5.74, 6) is 0. The van der Waals surface area contributed by atoms with Gasteiger partial charge in [-0.15, -0.1) is 0 Å². The molecule has 2 rings (SSSR count). The lowest BCUT2D eigenvalue weighted by Crippen LogP contribution is -2.15. The molecule has 16 heavy (non-hydrogen) atoms. The highest BCUT2D eigenvalue weighted by Gasteiger charge is 2.00. The topological polar surface area (TPSA) is 47.3 Å². The van der Waals surface area contributed by atoms with Crippen molar-refractivity contribution in [2.45, 2.75) is 6.42 Å². The zero-order valence-corrected chi connectivity index (χ0v) is 9.40. The molecule has 0 aliphatic heterocycles. The molecule has 4 nitrogen and oxygen atoms in total. The second kappa shape index (κ2) is 5.63. The Kier molecular flexibility index (Phi) is 3.91. The zero-order valence-electron chi connectivity index (χ0n) is 9.40. The minimum atomic E-state index is 0.737. The second-order valence-corrected chi connectivity index (χ2v) is 3.62. The van der Waals surface area contributed by atoms with Crippen LogP contribution in [0, 0.1) is 0 Å². The van der Waals surface area contributed by atoms with Gasteiger partial charge < -0.3 is 14.5 Å². The first-order valence-corrected chi connectivity index (χ1v) is 5.44. The van der Waals surface area contributed by atoms with Crippen molar-refractivity contribution in [2.75, 3.05) is 26.8 Å². The summed E-state index contributed by atoms with van der Waals surface area (Å²) in [7, 11) is 1.92. The van der Waals surface area contributed by atoms with E-state index in [1.807, 2.05) is 19.2 Å². The molecule has 2 aromatic rings. The molecule has 1 aromatic heterocycles. The minimum Gasteiger partial charge on any atom is -0.443 e. The van der Waals surface area contributed by atoms with Crippen molar-refractivity contribution in [3.8, 4) is 0 Å². The highest BCUT2D eigenvalue weighted by atomic mass is 16.5. The fourth-order valence-electron chi connectivity index (χ4n) is 1.52. The van der Waals surface area contributed by atoms with Crippen molar-refractivity contribution in [1.82, 2.24) is 10.3 Å². The lowest BCUT2D eigenvalue weighted by molar-refractivity contribution is 0.140. The van der Waals surface area contributed by atoms with Crippen LogP contribution in [0.2, 0.25) is 0 Å². The first-order valence-electron chi connectivity index (χ1n) is 5.44. The van der Waals surface area contributed by atoms with Gasteiger partial charge in [0.1, 0.15) is 5.52 Å². The van der Waals surface area contributed by atoms with Gasteiger partial charge in [-0.2, -0.15) is 0 Å². The van der Waals surface area contributed by atoms with E-state index < -0.39 is 0 Å². The van der Waals surface area contributed by atoms with Crippen LogP contribution in [0.1, 0.15) is 5.56 Å². The molecule has 1 aromatic carbocycles. The van der Waals surface area contributed by atoms with Crippen LogP contribution >= 0.6 is 0 Å². The number of aromatic nitrogens is 1. The van der Waals surface area contributed by atoms with E-state index in [9.17, 15) is 0 Å². The number of hydrogen-bond acceptors (Lipinski definition) is 4. The number of ether oxygens (including phenoxy) is 1. The summed E-state index contributed by atoms with van der Waals surface area (Å²) in [5.41, 5.74) is 2.96. The van der Waals surface area contributed by atoms with Gasteiger partial charge >= 0.3 is 0 Å². The number of nitrogens with one attached hydrogen (secondary N) is 1. The van der Waals surface area contributed by atoms with Crippen molar-refractivity contribution in [1.29, 1.82) is 0 Å². The van der Waals surface area contributed by atoms with Crippen LogP contribution in [0.15, 0.2) is 29.0 Å². The summed E-state index contributed by atoms with van der Waals surface area (Å²) in [4.78, 5) is 4.07. The number of hydrogen-bond donors (Lipinski definition) is 1. The van der Waals surface area contributed by atoms with Gasteiger partial charge in [0.2, 0.25) is 0 Å². The van der Waals surface area contributed by atoms with Crippen molar-refractivity contribution < 1.29 is 9.15 Å². The number of fused-ring (bicyclic) bond motifs is 1. The lowest BCUT2D eigenvalue weighted by atomic mass is 10.1. The molecule has 0 fully saturated rings. The summed E-state index contributed by atoms with van der Waals surface area (Å²) < 4.78 is 10.7. The van der Waals surface area contributed by atoms with Crippen LogP contribution in [0.3, 0.4) is 0 Å². The molecule has 1 heterocycles. The summed E-state index contributed by atoms with van der Waals surface area (Å²) in [5, 5.41) is 3.04. The summed E-state index contributed by atoms with van der Waals surface area (Å²) in [6, 6.07) is 6.05. The number of rotatable bonds is 6. The maximum Gasteiger partial charge on any atom is 0.181 e. The van der Waals surface area contributed by atoms with E-state index in [2.05, 4.69) is 16.4 Å². The third-order valence-electron chi connectivity index (χ3n) is 2.43. The fraction of sp³-hybridized carbons (Fsp3) is 0.417. The Bertz CT molecular complexity index is 439.